The highest BCUT2D eigenvalue weighted by molar-refractivity contribution is 7.99. The van der Waals surface area contributed by atoms with E-state index in [0.29, 0.717) is 16.5 Å². The van der Waals surface area contributed by atoms with Crippen LogP contribution in [0.5, 0.6) is 0 Å². The lowest BCUT2D eigenvalue weighted by Gasteiger charge is -2.06. The Morgan fingerprint density at radius 2 is 1.89 bits per heavy atom. The number of rotatable bonds is 3. The van der Waals surface area contributed by atoms with E-state index in [4.69, 9.17) is 0 Å². The van der Waals surface area contributed by atoms with Crippen molar-refractivity contribution >= 4 is 39.8 Å². The van der Waals surface area contributed by atoms with Gasteiger partial charge in [-0.15, -0.1) is 10.2 Å². The molecule has 0 aliphatic rings. The Labute approximate surface area is 156 Å². The van der Waals surface area contributed by atoms with Crippen LogP contribution in [-0.4, -0.2) is 28.9 Å². The summed E-state index contributed by atoms with van der Waals surface area (Å²) < 4.78 is 3.37. The molecule has 0 unspecified atom stereocenters. The van der Waals surface area contributed by atoms with Crippen molar-refractivity contribution < 1.29 is 4.92 Å². The van der Waals surface area contributed by atoms with Gasteiger partial charge in [0.05, 0.1) is 11.7 Å². The molecule has 8 nitrogen and oxygen atoms in total. The maximum atomic E-state index is 11.6. The summed E-state index contributed by atoms with van der Waals surface area (Å²) in [4.78, 5) is 15.6. The average Bonchev–Trinajstić information content (AvgIpc) is 3.23. The zero-order valence-electron chi connectivity index (χ0n) is 14.1. The topological polar surface area (TPSA) is 90.6 Å². The highest BCUT2D eigenvalue weighted by Crippen LogP contribution is 2.35. The van der Waals surface area contributed by atoms with Crippen LogP contribution in [-0.2, 0) is 0 Å². The van der Waals surface area contributed by atoms with E-state index in [1.165, 1.54) is 4.40 Å². The fraction of sp³-hybridized carbons (Fsp3) is 0.0556. The molecule has 132 valence electrons. The molecule has 9 heteroatoms. The zero-order chi connectivity index (χ0) is 18.5. The first kappa shape index (κ1) is 15.8. The quantitative estimate of drug-likeness (QED) is 0.350. The van der Waals surface area contributed by atoms with Gasteiger partial charge in [-0.3, -0.25) is 4.40 Å². The second-order valence-corrected chi connectivity index (χ2v) is 7.01. The molecule has 0 aliphatic carbocycles. The van der Waals surface area contributed by atoms with Gasteiger partial charge in [-0.05, 0) is 47.4 Å². The molecule has 0 atom stereocenters. The second kappa shape index (κ2) is 5.78. The molecule has 27 heavy (non-hydrogen) atoms. The lowest BCUT2D eigenvalue weighted by Crippen LogP contribution is -1.96. The summed E-state index contributed by atoms with van der Waals surface area (Å²) in [5, 5.41) is 22.0. The van der Waals surface area contributed by atoms with E-state index in [2.05, 4.69) is 15.2 Å². The lowest BCUT2D eigenvalue weighted by molar-refractivity contribution is -0.393. The van der Waals surface area contributed by atoms with Crippen LogP contribution in [0, 0.1) is 17.0 Å². The summed E-state index contributed by atoms with van der Waals surface area (Å²) in [5.74, 6) is -0.0798. The standard InChI is InChI=1S/C18H12N6O2S/c1-11-10-15-20-21-18(23(15)13-7-3-2-6-12(11)13)27-16-17(24(25)26)22-9-5-4-8-14(22)19-16/h2-10H,1H3. The number of nitro groups is 1. The van der Waals surface area contributed by atoms with Crippen molar-refractivity contribution in [1.82, 2.24) is 24.0 Å². The minimum Gasteiger partial charge on any atom is -0.358 e. The number of hydrogen-bond donors (Lipinski definition) is 0. The second-order valence-electron chi connectivity index (χ2n) is 6.05. The maximum absolute atomic E-state index is 11.6. The van der Waals surface area contributed by atoms with Crippen molar-refractivity contribution in [3.05, 3.63) is 70.4 Å². The Bertz CT molecular complexity index is 1360. The summed E-state index contributed by atoms with van der Waals surface area (Å²) in [6.45, 7) is 2.02. The first-order valence-electron chi connectivity index (χ1n) is 8.16. The molecule has 0 radical (unpaired) electrons. The lowest BCUT2D eigenvalue weighted by atomic mass is 10.1. The van der Waals surface area contributed by atoms with Gasteiger partial charge in [0.2, 0.25) is 15.8 Å². The van der Waals surface area contributed by atoms with Crippen LogP contribution in [0.4, 0.5) is 5.82 Å². The van der Waals surface area contributed by atoms with Crippen molar-refractivity contribution in [2.24, 2.45) is 0 Å². The van der Waals surface area contributed by atoms with Crippen molar-refractivity contribution in [2.75, 3.05) is 0 Å². The van der Waals surface area contributed by atoms with Gasteiger partial charge in [-0.1, -0.05) is 24.3 Å². The third kappa shape index (κ3) is 2.36. The molecule has 5 rings (SSSR count). The molecule has 4 heterocycles. The Kier molecular flexibility index (Phi) is 3.37. The fourth-order valence-corrected chi connectivity index (χ4v) is 4.16. The van der Waals surface area contributed by atoms with E-state index < -0.39 is 4.92 Å². The van der Waals surface area contributed by atoms with E-state index in [-0.39, 0.29) is 10.8 Å². The Morgan fingerprint density at radius 1 is 1.07 bits per heavy atom. The van der Waals surface area contributed by atoms with Crippen molar-refractivity contribution in [1.29, 1.82) is 0 Å². The van der Waals surface area contributed by atoms with E-state index in [1.54, 1.807) is 24.4 Å². The molecule has 1 aromatic carbocycles. The molecule has 0 spiro atoms. The number of imidazole rings is 1. The van der Waals surface area contributed by atoms with E-state index in [0.717, 1.165) is 28.2 Å². The van der Waals surface area contributed by atoms with Crippen LogP contribution in [0.2, 0.25) is 0 Å². The molecule has 5 aromatic rings. The molecular weight excluding hydrogens is 364 g/mol. The van der Waals surface area contributed by atoms with Gasteiger partial charge in [-0.2, -0.15) is 9.38 Å². The molecular formula is C18H12N6O2S. The molecule has 0 fully saturated rings. The SMILES string of the molecule is Cc1cc2nnc(Sc3nc4ccccn4c3[N+](=O)[O-])n2c2ccccc12. The highest BCUT2D eigenvalue weighted by atomic mass is 32.2. The summed E-state index contributed by atoms with van der Waals surface area (Å²) in [6, 6.07) is 15.2. The number of hydrogen-bond acceptors (Lipinski definition) is 6. The summed E-state index contributed by atoms with van der Waals surface area (Å²) in [7, 11) is 0. The van der Waals surface area contributed by atoms with Gasteiger partial charge in [0.25, 0.3) is 0 Å². The molecule has 0 amide bonds. The number of fused-ring (bicyclic) bond motifs is 4. The van der Waals surface area contributed by atoms with Gasteiger partial charge < -0.3 is 10.1 Å². The van der Waals surface area contributed by atoms with Gasteiger partial charge in [0.1, 0.15) is 0 Å². The minimum atomic E-state index is -0.423. The molecule has 4 aromatic heterocycles. The van der Waals surface area contributed by atoms with Gasteiger partial charge in [0.15, 0.2) is 5.65 Å². The van der Waals surface area contributed by atoms with E-state index in [9.17, 15) is 10.1 Å². The molecule has 0 saturated heterocycles. The predicted molar refractivity (Wildman–Crippen MR) is 101 cm³/mol. The van der Waals surface area contributed by atoms with Crippen molar-refractivity contribution in [3.63, 3.8) is 0 Å². The van der Waals surface area contributed by atoms with Gasteiger partial charge in [0, 0.05) is 11.5 Å². The van der Waals surface area contributed by atoms with Gasteiger partial charge in [-0.25, -0.2) is 0 Å². The molecule has 0 bridgehead atoms. The van der Waals surface area contributed by atoms with Crippen molar-refractivity contribution in [2.45, 2.75) is 17.1 Å². The number of aryl methyl sites for hydroxylation is 1. The summed E-state index contributed by atoms with van der Waals surface area (Å²) >= 11 is 1.14. The Balaban J connectivity index is 1.75. The smallest absolute Gasteiger partial charge is 0.358 e. The third-order valence-corrected chi connectivity index (χ3v) is 5.32. The highest BCUT2D eigenvalue weighted by Gasteiger charge is 2.25. The van der Waals surface area contributed by atoms with Crippen molar-refractivity contribution in [3.8, 4) is 0 Å². The predicted octanol–water partition coefficient (Wildman–Crippen LogP) is 3.90. The van der Waals surface area contributed by atoms with Crippen LogP contribution in [0.1, 0.15) is 5.56 Å². The van der Waals surface area contributed by atoms with E-state index >= 15 is 0 Å². The molecule has 0 saturated carbocycles. The number of pyridine rings is 2. The molecule has 0 N–H and O–H groups in total. The first-order chi connectivity index (χ1) is 13.1. The number of nitrogens with zero attached hydrogens (tertiary/aromatic N) is 6. The monoisotopic (exact) mass is 376 g/mol. The number of aromatic nitrogens is 5. The normalized spacial score (nSPS) is 11.6. The number of benzene rings is 1. The fourth-order valence-electron chi connectivity index (χ4n) is 3.22. The van der Waals surface area contributed by atoms with Crippen LogP contribution < -0.4 is 0 Å². The van der Waals surface area contributed by atoms with Crippen LogP contribution >= 0.6 is 11.8 Å². The largest absolute Gasteiger partial charge is 0.362 e. The van der Waals surface area contributed by atoms with Crippen LogP contribution in [0.3, 0.4) is 0 Å². The Hall–Kier alpha value is -3.46. The minimum absolute atomic E-state index is 0.0798. The summed E-state index contributed by atoms with van der Waals surface area (Å²) in [5.41, 5.74) is 3.26. The first-order valence-corrected chi connectivity index (χ1v) is 8.98. The van der Waals surface area contributed by atoms with Crippen LogP contribution in [0.15, 0.2) is 64.9 Å². The van der Waals surface area contributed by atoms with E-state index in [1.807, 2.05) is 41.7 Å². The molecule has 0 aliphatic heterocycles. The third-order valence-electron chi connectivity index (χ3n) is 4.41. The average molecular weight is 376 g/mol. The van der Waals surface area contributed by atoms with Gasteiger partial charge >= 0.3 is 5.82 Å². The summed E-state index contributed by atoms with van der Waals surface area (Å²) in [6.07, 6.45) is 1.63. The Morgan fingerprint density at radius 3 is 2.74 bits per heavy atom. The van der Waals surface area contributed by atoms with Crippen LogP contribution in [0.25, 0.3) is 22.2 Å². The maximum Gasteiger partial charge on any atom is 0.362 e. The number of para-hydroxylation sites is 1. The zero-order valence-corrected chi connectivity index (χ0v) is 14.9.